The molecule has 6 heteroatoms. The molecule has 0 bridgehead atoms. The average molecular weight is 423 g/mol. The molecular weight excluding hydrogens is 396 g/mol. The van der Waals surface area contributed by atoms with E-state index < -0.39 is 0 Å². The first-order chi connectivity index (χ1) is 14.7. The Morgan fingerprint density at radius 1 is 1.17 bits per heavy atom. The van der Waals surface area contributed by atoms with Gasteiger partial charge in [-0.2, -0.15) is 0 Å². The normalized spacial score (nSPS) is 20.3. The number of carbonyl (C=O) groups is 1. The van der Waals surface area contributed by atoms with Crippen molar-refractivity contribution in [3.63, 3.8) is 0 Å². The highest BCUT2D eigenvalue weighted by Crippen LogP contribution is 2.39. The second-order valence-electron chi connectivity index (χ2n) is 7.47. The van der Waals surface area contributed by atoms with E-state index in [9.17, 15) is 9.90 Å². The molecule has 0 aromatic heterocycles. The van der Waals surface area contributed by atoms with Crippen LogP contribution in [-0.4, -0.2) is 33.7 Å². The zero-order valence-corrected chi connectivity index (χ0v) is 17.9. The van der Waals surface area contributed by atoms with Crippen LogP contribution in [-0.2, 0) is 4.79 Å². The molecular formula is C24H26N2O3S. The van der Waals surface area contributed by atoms with Gasteiger partial charge in [-0.25, -0.2) is 4.99 Å². The van der Waals surface area contributed by atoms with Crippen molar-refractivity contribution in [1.82, 2.24) is 4.90 Å². The first-order valence-corrected chi connectivity index (χ1v) is 11.3. The predicted molar refractivity (Wildman–Crippen MR) is 122 cm³/mol. The molecule has 1 saturated carbocycles. The Kier molecular flexibility index (Phi) is 6.43. The number of amidine groups is 1. The highest BCUT2D eigenvalue weighted by atomic mass is 32.2. The summed E-state index contributed by atoms with van der Waals surface area (Å²) in [6.45, 7) is 2.33. The van der Waals surface area contributed by atoms with Gasteiger partial charge in [0.2, 0.25) is 0 Å². The lowest BCUT2D eigenvalue weighted by molar-refractivity contribution is -0.124. The Hall–Kier alpha value is -2.73. The van der Waals surface area contributed by atoms with Crippen molar-refractivity contribution in [3.8, 4) is 11.5 Å². The van der Waals surface area contributed by atoms with Crippen LogP contribution < -0.4 is 4.74 Å². The maximum absolute atomic E-state index is 13.4. The maximum Gasteiger partial charge on any atom is 0.267 e. The smallest absolute Gasteiger partial charge is 0.267 e. The number of benzene rings is 2. The van der Waals surface area contributed by atoms with Crippen molar-refractivity contribution >= 4 is 34.6 Å². The summed E-state index contributed by atoms with van der Waals surface area (Å²) < 4.78 is 5.48. The number of hydrogen-bond acceptors (Lipinski definition) is 5. The summed E-state index contributed by atoms with van der Waals surface area (Å²) in [6.07, 6.45) is 7.41. The molecule has 1 saturated heterocycles. The van der Waals surface area contributed by atoms with Gasteiger partial charge in [-0.05, 0) is 67.4 Å². The minimum absolute atomic E-state index is 0.00705. The Morgan fingerprint density at radius 3 is 2.67 bits per heavy atom. The fraction of sp³-hybridized carbons (Fsp3) is 0.333. The summed E-state index contributed by atoms with van der Waals surface area (Å²) in [5, 5.41) is 10.7. The van der Waals surface area contributed by atoms with Crippen LogP contribution in [0.5, 0.6) is 11.5 Å². The van der Waals surface area contributed by atoms with E-state index in [1.165, 1.54) is 18.2 Å². The zero-order valence-electron chi connectivity index (χ0n) is 17.1. The van der Waals surface area contributed by atoms with Crippen LogP contribution in [0.15, 0.2) is 58.4 Å². The Balaban J connectivity index is 1.68. The van der Waals surface area contributed by atoms with Crippen LogP contribution >= 0.6 is 11.8 Å². The van der Waals surface area contributed by atoms with E-state index in [-0.39, 0.29) is 17.7 Å². The van der Waals surface area contributed by atoms with E-state index in [2.05, 4.69) is 0 Å². The molecule has 1 N–H and O–H groups in total. The second kappa shape index (κ2) is 9.39. The van der Waals surface area contributed by atoms with Gasteiger partial charge in [0, 0.05) is 6.04 Å². The predicted octanol–water partition coefficient (Wildman–Crippen LogP) is 5.73. The van der Waals surface area contributed by atoms with E-state index in [1.807, 2.05) is 48.2 Å². The van der Waals surface area contributed by atoms with E-state index in [0.29, 0.717) is 17.3 Å². The molecule has 1 amide bonds. The number of ether oxygens (including phenoxy) is 1. The topological polar surface area (TPSA) is 62.1 Å². The molecule has 2 aromatic carbocycles. The van der Waals surface area contributed by atoms with Crippen molar-refractivity contribution in [1.29, 1.82) is 0 Å². The van der Waals surface area contributed by atoms with Gasteiger partial charge in [0.25, 0.3) is 5.91 Å². The van der Waals surface area contributed by atoms with Gasteiger partial charge in [0.15, 0.2) is 16.7 Å². The first kappa shape index (κ1) is 20.5. The summed E-state index contributed by atoms with van der Waals surface area (Å²) in [5.41, 5.74) is 1.66. The number of para-hydroxylation sites is 1. The molecule has 30 heavy (non-hydrogen) atoms. The molecule has 0 unspecified atom stereocenters. The molecule has 1 heterocycles. The van der Waals surface area contributed by atoms with E-state index in [1.54, 1.807) is 18.2 Å². The van der Waals surface area contributed by atoms with Crippen molar-refractivity contribution in [2.45, 2.75) is 45.1 Å². The second-order valence-corrected chi connectivity index (χ2v) is 8.48. The van der Waals surface area contributed by atoms with Crippen molar-refractivity contribution in [2.24, 2.45) is 4.99 Å². The minimum Gasteiger partial charge on any atom is -0.504 e. The standard InChI is InChI=1S/C24H26N2O3S/c1-2-29-21-15-17(13-14-20(21)27)16-22-23(28)26(19-11-7-4-8-12-19)24(30-22)25-18-9-5-3-6-10-18/h3,5-6,9-10,13-16,19,27H,2,4,7-8,11-12H2,1H3/b22-16-,25-24?. The molecule has 2 aromatic rings. The van der Waals surface area contributed by atoms with Crippen LogP contribution in [0, 0.1) is 0 Å². The average Bonchev–Trinajstić information content (AvgIpc) is 3.06. The molecule has 5 nitrogen and oxygen atoms in total. The summed E-state index contributed by atoms with van der Waals surface area (Å²) >= 11 is 1.42. The van der Waals surface area contributed by atoms with E-state index in [4.69, 9.17) is 9.73 Å². The van der Waals surface area contributed by atoms with Crippen LogP contribution in [0.4, 0.5) is 5.69 Å². The third-order valence-corrected chi connectivity index (χ3v) is 6.32. The number of nitrogens with zero attached hydrogens (tertiary/aromatic N) is 2. The van der Waals surface area contributed by atoms with Gasteiger partial charge in [0.1, 0.15) is 0 Å². The minimum atomic E-state index is 0.00705. The number of phenolic OH excluding ortho intramolecular Hbond substituents is 1. The van der Waals surface area contributed by atoms with Gasteiger partial charge < -0.3 is 9.84 Å². The number of carbonyl (C=O) groups excluding carboxylic acids is 1. The molecule has 156 valence electrons. The molecule has 0 atom stereocenters. The lowest BCUT2D eigenvalue weighted by Crippen LogP contribution is -2.40. The number of aromatic hydroxyl groups is 1. The summed E-state index contributed by atoms with van der Waals surface area (Å²) in [7, 11) is 0. The molecule has 0 spiro atoms. The van der Waals surface area contributed by atoms with Crippen molar-refractivity contribution < 1.29 is 14.6 Å². The third-order valence-electron chi connectivity index (χ3n) is 5.34. The Labute approximate surface area is 181 Å². The van der Waals surface area contributed by atoms with Gasteiger partial charge in [0.05, 0.1) is 17.2 Å². The SMILES string of the molecule is CCOc1cc(/C=C2\SC(=Nc3ccccc3)N(C3CCCCC3)C2=O)ccc1O. The lowest BCUT2D eigenvalue weighted by Gasteiger charge is -2.30. The summed E-state index contributed by atoms with van der Waals surface area (Å²) in [5.74, 6) is 0.525. The number of hydrogen-bond donors (Lipinski definition) is 1. The van der Waals surface area contributed by atoms with E-state index in [0.717, 1.165) is 42.1 Å². The summed E-state index contributed by atoms with van der Waals surface area (Å²) in [6, 6.07) is 15.1. The number of aliphatic imine (C=N–C) groups is 1. The van der Waals surface area contributed by atoms with Crippen molar-refractivity contribution in [3.05, 3.63) is 59.0 Å². The fourth-order valence-corrected chi connectivity index (χ4v) is 4.94. The van der Waals surface area contributed by atoms with Gasteiger partial charge in [-0.15, -0.1) is 0 Å². The van der Waals surface area contributed by atoms with E-state index >= 15 is 0 Å². The highest BCUT2D eigenvalue weighted by molar-refractivity contribution is 8.18. The largest absolute Gasteiger partial charge is 0.504 e. The molecule has 1 aliphatic heterocycles. The van der Waals surface area contributed by atoms with Crippen molar-refractivity contribution in [2.75, 3.05) is 6.61 Å². The number of thioether (sulfide) groups is 1. The number of phenols is 1. The highest BCUT2D eigenvalue weighted by Gasteiger charge is 2.38. The zero-order chi connectivity index (χ0) is 20.9. The molecule has 4 rings (SSSR count). The van der Waals surface area contributed by atoms with Crippen LogP contribution in [0.1, 0.15) is 44.6 Å². The number of amides is 1. The van der Waals surface area contributed by atoms with Gasteiger partial charge in [-0.3, -0.25) is 9.69 Å². The first-order valence-electron chi connectivity index (χ1n) is 10.5. The van der Waals surface area contributed by atoms with Crippen LogP contribution in [0.25, 0.3) is 6.08 Å². The number of rotatable bonds is 5. The lowest BCUT2D eigenvalue weighted by atomic mass is 9.94. The molecule has 2 fully saturated rings. The van der Waals surface area contributed by atoms with Gasteiger partial charge in [-0.1, -0.05) is 43.5 Å². The fourth-order valence-electron chi connectivity index (χ4n) is 3.88. The quantitative estimate of drug-likeness (QED) is 0.625. The molecule has 1 aliphatic carbocycles. The Bertz CT molecular complexity index is 966. The third kappa shape index (κ3) is 4.54. The maximum atomic E-state index is 13.4. The molecule has 0 radical (unpaired) electrons. The monoisotopic (exact) mass is 422 g/mol. The molecule has 2 aliphatic rings. The Morgan fingerprint density at radius 2 is 1.93 bits per heavy atom. The van der Waals surface area contributed by atoms with Gasteiger partial charge >= 0.3 is 0 Å². The summed E-state index contributed by atoms with van der Waals surface area (Å²) in [4.78, 5) is 20.7. The van der Waals surface area contributed by atoms with Crippen LogP contribution in [0.3, 0.4) is 0 Å². The van der Waals surface area contributed by atoms with Crippen LogP contribution in [0.2, 0.25) is 0 Å².